The first-order chi connectivity index (χ1) is 11.1. The van der Waals surface area contributed by atoms with Crippen LogP contribution in [0.3, 0.4) is 0 Å². The summed E-state index contributed by atoms with van der Waals surface area (Å²) in [6.07, 6.45) is 2.80. The molecular formula is C17H15FN2O3. The molecule has 0 atom stereocenters. The number of urea groups is 1. The highest BCUT2D eigenvalue weighted by Crippen LogP contribution is 2.07. The zero-order valence-electron chi connectivity index (χ0n) is 12.1. The highest BCUT2D eigenvalue weighted by atomic mass is 19.1. The number of carbonyl (C=O) groups is 2. The monoisotopic (exact) mass is 314 g/mol. The molecule has 2 amide bonds. The summed E-state index contributed by atoms with van der Waals surface area (Å²) in [6, 6.07) is 11.9. The first-order valence-electron chi connectivity index (χ1n) is 6.84. The second-order valence-electron chi connectivity index (χ2n) is 4.68. The lowest BCUT2D eigenvalue weighted by Crippen LogP contribution is -2.31. The van der Waals surface area contributed by atoms with Crippen LogP contribution in [-0.4, -0.2) is 17.1 Å². The summed E-state index contributed by atoms with van der Waals surface area (Å²) >= 11 is 0. The van der Waals surface area contributed by atoms with E-state index in [0.717, 1.165) is 5.56 Å². The normalized spacial score (nSPS) is 10.5. The summed E-state index contributed by atoms with van der Waals surface area (Å²) in [7, 11) is 0. The van der Waals surface area contributed by atoms with E-state index in [0.29, 0.717) is 5.56 Å². The molecule has 0 heterocycles. The van der Waals surface area contributed by atoms with E-state index in [1.54, 1.807) is 30.3 Å². The molecule has 6 heteroatoms. The topological polar surface area (TPSA) is 78.4 Å². The van der Waals surface area contributed by atoms with Crippen molar-refractivity contribution in [3.05, 3.63) is 77.2 Å². The van der Waals surface area contributed by atoms with Crippen LogP contribution in [0.1, 0.15) is 21.5 Å². The third-order valence-corrected chi connectivity index (χ3v) is 3.04. The maximum Gasteiger partial charge on any atom is 0.335 e. The van der Waals surface area contributed by atoms with E-state index >= 15 is 0 Å². The van der Waals surface area contributed by atoms with Crippen LogP contribution < -0.4 is 10.6 Å². The number of rotatable bonds is 5. The highest BCUT2D eigenvalue weighted by Gasteiger charge is 2.03. The number of hydrogen-bond acceptors (Lipinski definition) is 2. The van der Waals surface area contributed by atoms with Gasteiger partial charge >= 0.3 is 12.0 Å². The maximum atomic E-state index is 13.4. The van der Waals surface area contributed by atoms with Crippen molar-refractivity contribution < 1.29 is 19.1 Å². The minimum atomic E-state index is -1.000. The van der Waals surface area contributed by atoms with Crippen LogP contribution in [0.15, 0.2) is 54.7 Å². The van der Waals surface area contributed by atoms with Crippen LogP contribution in [0.25, 0.3) is 6.08 Å². The van der Waals surface area contributed by atoms with E-state index < -0.39 is 12.0 Å². The molecule has 0 fully saturated rings. The fourth-order valence-electron chi connectivity index (χ4n) is 1.82. The zero-order valence-corrected chi connectivity index (χ0v) is 12.1. The van der Waals surface area contributed by atoms with E-state index in [4.69, 9.17) is 5.11 Å². The molecule has 0 aromatic heterocycles. The largest absolute Gasteiger partial charge is 0.478 e. The van der Waals surface area contributed by atoms with Gasteiger partial charge in [-0.1, -0.05) is 30.3 Å². The van der Waals surface area contributed by atoms with E-state index in [2.05, 4.69) is 10.6 Å². The van der Waals surface area contributed by atoms with E-state index in [1.807, 2.05) is 0 Å². The van der Waals surface area contributed by atoms with Crippen LogP contribution in [0.5, 0.6) is 0 Å². The lowest BCUT2D eigenvalue weighted by Gasteiger charge is -2.05. The lowest BCUT2D eigenvalue weighted by atomic mass is 10.1. The number of carboxylic acids is 1. The van der Waals surface area contributed by atoms with Gasteiger partial charge in [0.05, 0.1) is 5.56 Å². The molecule has 0 aliphatic rings. The molecule has 2 aromatic carbocycles. The number of hydrogen-bond donors (Lipinski definition) is 3. The van der Waals surface area contributed by atoms with Gasteiger partial charge in [0.15, 0.2) is 0 Å². The fourth-order valence-corrected chi connectivity index (χ4v) is 1.82. The Morgan fingerprint density at radius 1 is 1.09 bits per heavy atom. The minimum absolute atomic E-state index is 0.186. The van der Waals surface area contributed by atoms with E-state index in [-0.39, 0.29) is 17.9 Å². The number of halogens is 1. The predicted octanol–water partition coefficient (Wildman–Crippen LogP) is 2.99. The molecule has 5 nitrogen and oxygen atoms in total. The number of benzene rings is 2. The molecule has 0 saturated heterocycles. The first kappa shape index (κ1) is 16.2. The van der Waals surface area contributed by atoms with Crippen molar-refractivity contribution >= 4 is 18.1 Å². The third-order valence-electron chi connectivity index (χ3n) is 3.04. The Balaban J connectivity index is 1.81. The Bertz CT molecular complexity index is 727. The SMILES string of the molecule is O=C(N/C=C/c1ccccc1F)NCc1ccc(C(=O)O)cc1. The van der Waals surface area contributed by atoms with Crippen molar-refractivity contribution in [2.75, 3.05) is 0 Å². The number of nitrogens with one attached hydrogen (secondary N) is 2. The smallest absolute Gasteiger partial charge is 0.335 e. The predicted molar refractivity (Wildman–Crippen MR) is 84.2 cm³/mol. The Morgan fingerprint density at radius 3 is 2.43 bits per heavy atom. The average molecular weight is 314 g/mol. The molecular weight excluding hydrogens is 299 g/mol. The van der Waals surface area contributed by atoms with Crippen molar-refractivity contribution in [3.63, 3.8) is 0 Å². The van der Waals surface area contributed by atoms with Crippen LogP contribution in [-0.2, 0) is 6.54 Å². The number of carboxylic acid groups (broad SMARTS) is 1. The summed E-state index contributed by atoms with van der Waals surface area (Å²) in [4.78, 5) is 22.3. The quantitative estimate of drug-likeness (QED) is 0.794. The van der Waals surface area contributed by atoms with Gasteiger partial charge < -0.3 is 15.7 Å². The lowest BCUT2D eigenvalue weighted by molar-refractivity contribution is 0.0697. The summed E-state index contributed by atoms with van der Waals surface area (Å²) in [5.74, 6) is -1.37. The van der Waals surface area contributed by atoms with Crippen LogP contribution in [0.4, 0.5) is 9.18 Å². The van der Waals surface area contributed by atoms with Gasteiger partial charge in [-0.25, -0.2) is 14.0 Å². The molecule has 0 bridgehead atoms. The zero-order chi connectivity index (χ0) is 16.7. The molecule has 0 aliphatic heterocycles. The number of aromatic carboxylic acids is 1. The van der Waals surface area contributed by atoms with E-state index in [1.165, 1.54) is 30.5 Å². The molecule has 0 unspecified atom stereocenters. The van der Waals surface area contributed by atoms with Crippen molar-refractivity contribution in [1.29, 1.82) is 0 Å². The van der Waals surface area contributed by atoms with Crippen molar-refractivity contribution in [2.45, 2.75) is 6.54 Å². The highest BCUT2D eigenvalue weighted by molar-refractivity contribution is 5.87. The van der Waals surface area contributed by atoms with Crippen molar-refractivity contribution in [2.24, 2.45) is 0 Å². The van der Waals surface area contributed by atoms with Gasteiger partial charge in [-0.3, -0.25) is 0 Å². The Morgan fingerprint density at radius 2 is 1.78 bits per heavy atom. The molecule has 0 radical (unpaired) electrons. The molecule has 0 spiro atoms. The van der Waals surface area contributed by atoms with Crippen LogP contribution in [0, 0.1) is 5.82 Å². The number of carbonyl (C=O) groups excluding carboxylic acids is 1. The second kappa shape index (κ2) is 7.74. The Kier molecular flexibility index (Phi) is 5.46. The third kappa shape index (κ3) is 4.96. The van der Waals surface area contributed by atoms with Gasteiger partial charge in [0.1, 0.15) is 5.82 Å². The van der Waals surface area contributed by atoms with Crippen molar-refractivity contribution in [3.8, 4) is 0 Å². The van der Waals surface area contributed by atoms with Gasteiger partial charge in [0, 0.05) is 18.3 Å². The average Bonchev–Trinajstić information content (AvgIpc) is 2.55. The molecule has 118 valence electrons. The molecule has 23 heavy (non-hydrogen) atoms. The Hall–Kier alpha value is -3.15. The van der Waals surface area contributed by atoms with Gasteiger partial charge in [0.2, 0.25) is 0 Å². The Labute approximate surface area is 132 Å². The first-order valence-corrected chi connectivity index (χ1v) is 6.84. The summed E-state index contributed by atoms with van der Waals surface area (Å²) in [5, 5.41) is 13.9. The summed E-state index contributed by atoms with van der Waals surface area (Å²) in [5.41, 5.74) is 1.33. The number of amides is 2. The standard InChI is InChI=1S/C17H15FN2O3/c18-15-4-2-1-3-13(15)9-10-19-17(23)20-11-12-5-7-14(8-6-12)16(21)22/h1-10H,11H2,(H,21,22)(H2,19,20,23)/b10-9+. The van der Waals surface area contributed by atoms with Crippen LogP contribution >= 0.6 is 0 Å². The minimum Gasteiger partial charge on any atom is -0.478 e. The molecule has 2 aromatic rings. The van der Waals surface area contributed by atoms with Crippen LogP contribution in [0.2, 0.25) is 0 Å². The van der Waals surface area contributed by atoms with Gasteiger partial charge in [-0.15, -0.1) is 0 Å². The van der Waals surface area contributed by atoms with Gasteiger partial charge in [0.25, 0.3) is 0 Å². The molecule has 2 rings (SSSR count). The fraction of sp³-hybridized carbons (Fsp3) is 0.0588. The second-order valence-corrected chi connectivity index (χ2v) is 4.68. The van der Waals surface area contributed by atoms with Gasteiger partial charge in [-0.2, -0.15) is 0 Å². The summed E-state index contributed by atoms with van der Waals surface area (Å²) in [6.45, 7) is 0.249. The van der Waals surface area contributed by atoms with E-state index in [9.17, 15) is 14.0 Å². The maximum absolute atomic E-state index is 13.4. The van der Waals surface area contributed by atoms with Gasteiger partial charge in [-0.05, 0) is 29.8 Å². The molecule has 0 saturated carbocycles. The summed E-state index contributed by atoms with van der Waals surface area (Å²) < 4.78 is 13.4. The molecule has 3 N–H and O–H groups in total. The van der Waals surface area contributed by atoms with Crippen molar-refractivity contribution in [1.82, 2.24) is 10.6 Å². The molecule has 0 aliphatic carbocycles.